The number of carbonyl (C=O) groups is 1. The van der Waals surface area contributed by atoms with Crippen LogP contribution in [-0.2, 0) is 11.2 Å². The average molecular weight is 253 g/mol. The van der Waals surface area contributed by atoms with Crippen molar-refractivity contribution in [1.29, 1.82) is 0 Å². The van der Waals surface area contributed by atoms with Crippen LogP contribution in [0.2, 0.25) is 0 Å². The maximum absolute atomic E-state index is 11.4. The van der Waals surface area contributed by atoms with E-state index >= 15 is 0 Å². The molecule has 0 spiro atoms. The first kappa shape index (κ1) is 14.7. The van der Waals surface area contributed by atoms with Gasteiger partial charge >= 0.3 is 5.97 Å². The minimum atomic E-state index is -0.821. The van der Waals surface area contributed by atoms with Gasteiger partial charge in [-0.25, -0.2) is 4.79 Å². The molecule has 0 aliphatic rings. The Morgan fingerprint density at radius 2 is 2.06 bits per heavy atom. The summed E-state index contributed by atoms with van der Waals surface area (Å²) in [6, 6.07) is -0.572. The van der Waals surface area contributed by atoms with Crippen LogP contribution in [0.1, 0.15) is 52.9 Å². The maximum atomic E-state index is 11.4. The van der Waals surface area contributed by atoms with Gasteiger partial charge in [-0.15, -0.1) is 10.2 Å². The molecule has 5 nitrogen and oxygen atoms in total. The Bertz CT molecular complexity index is 405. The lowest BCUT2D eigenvalue weighted by atomic mass is 9.91. The summed E-state index contributed by atoms with van der Waals surface area (Å²) in [7, 11) is 0. The molecule has 0 aliphatic carbocycles. The van der Waals surface area contributed by atoms with Gasteiger partial charge in [0.05, 0.1) is 0 Å². The fourth-order valence-electron chi connectivity index (χ4n) is 1.91. The summed E-state index contributed by atoms with van der Waals surface area (Å²) in [6.07, 6.45) is 2.83. The highest BCUT2D eigenvalue weighted by Crippen LogP contribution is 2.24. The van der Waals surface area contributed by atoms with Crippen LogP contribution in [0.25, 0.3) is 0 Å². The van der Waals surface area contributed by atoms with Gasteiger partial charge in [0.1, 0.15) is 18.2 Å². The van der Waals surface area contributed by atoms with Crippen LogP contribution in [0.5, 0.6) is 0 Å². The maximum Gasteiger partial charge on any atom is 0.326 e. The molecule has 0 fully saturated rings. The van der Waals surface area contributed by atoms with E-state index in [0.29, 0.717) is 12.3 Å². The van der Waals surface area contributed by atoms with Gasteiger partial charge in [-0.3, -0.25) is 0 Å². The van der Waals surface area contributed by atoms with Gasteiger partial charge in [-0.1, -0.05) is 34.6 Å². The third-order valence-electron chi connectivity index (χ3n) is 2.65. The monoisotopic (exact) mass is 253 g/mol. The Morgan fingerprint density at radius 3 is 2.50 bits per heavy atom. The molecule has 0 bridgehead atoms. The predicted molar refractivity (Wildman–Crippen MR) is 69.3 cm³/mol. The van der Waals surface area contributed by atoms with Crippen LogP contribution in [0.15, 0.2) is 6.33 Å². The normalized spacial score (nSPS) is 13.9. The van der Waals surface area contributed by atoms with Gasteiger partial charge in [-0.05, 0) is 17.8 Å². The Kier molecular flexibility index (Phi) is 4.48. The molecule has 18 heavy (non-hydrogen) atoms. The zero-order chi connectivity index (χ0) is 13.9. The molecule has 1 aromatic rings. The van der Waals surface area contributed by atoms with E-state index in [2.05, 4.69) is 31.0 Å². The molecular formula is C13H23N3O2. The van der Waals surface area contributed by atoms with Gasteiger partial charge in [0.2, 0.25) is 0 Å². The van der Waals surface area contributed by atoms with Crippen LogP contribution >= 0.6 is 0 Å². The molecule has 1 heterocycles. The zero-order valence-corrected chi connectivity index (χ0v) is 11.8. The first-order valence-electron chi connectivity index (χ1n) is 6.32. The number of aromatic nitrogens is 3. The largest absolute Gasteiger partial charge is 0.480 e. The first-order valence-corrected chi connectivity index (χ1v) is 6.32. The van der Waals surface area contributed by atoms with Crippen molar-refractivity contribution in [3.63, 3.8) is 0 Å². The Morgan fingerprint density at radius 1 is 1.44 bits per heavy atom. The minimum absolute atomic E-state index is 0.0612. The second kappa shape index (κ2) is 5.50. The fraction of sp³-hybridized carbons (Fsp3) is 0.769. The third-order valence-corrected chi connectivity index (χ3v) is 2.65. The van der Waals surface area contributed by atoms with E-state index in [0.717, 1.165) is 12.2 Å². The lowest BCUT2D eigenvalue weighted by Crippen LogP contribution is -2.24. The molecular weight excluding hydrogens is 230 g/mol. The summed E-state index contributed by atoms with van der Waals surface area (Å²) >= 11 is 0. The van der Waals surface area contributed by atoms with Crippen molar-refractivity contribution < 1.29 is 9.90 Å². The quantitative estimate of drug-likeness (QED) is 0.875. The highest BCUT2D eigenvalue weighted by Gasteiger charge is 2.25. The molecule has 0 aromatic carbocycles. The molecule has 0 aliphatic heterocycles. The lowest BCUT2D eigenvalue weighted by Gasteiger charge is -2.21. The SMILES string of the molecule is CC(C)CC(C(=O)O)n1cnnc1CC(C)(C)C. The van der Waals surface area contributed by atoms with Crippen molar-refractivity contribution in [3.8, 4) is 0 Å². The Balaban J connectivity index is 2.99. The number of rotatable bonds is 5. The standard InChI is InChI=1S/C13H23N3O2/c1-9(2)6-10(12(17)18)16-8-14-15-11(16)7-13(3,4)5/h8-10H,6-7H2,1-5H3,(H,17,18). The summed E-state index contributed by atoms with van der Waals surface area (Å²) in [4.78, 5) is 11.4. The van der Waals surface area contributed by atoms with Crippen molar-refractivity contribution in [2.24, 2.45) is 11.3 Å². The summed E-state index contributed by atoms with van der Waals surface area (Å²) in [5.74, 6) is 0.241. The van der Waals surface area contributed by atoms with Crippen LogP contribution in [0.4, 0.5) is 0 Å². The summed E-state index contributed by atoms with van der Waals surface area (Å²) < 4.78 is 1.70. The van der Waals surface area contributed by atoms with E-state index in [-0.39, 0.29) is 5.41 Å². The van der Waals surface area contributed by atoms with E-state index in [1.165, 1.54) is 6.33 Å². The molecule has 0 radical (unpaired) electrons. The third kappa shape index (κ3) is 4.13. The highest BCUT2D eigenvalue weighted by atomic mass is 16.4. The van der Waals surface area contributed by atoms with Gasteiger partial charge in [0.25, 0.3) is 0 Å². The molecule has 1 N–H and O–H groups in total. The number of nitrogens with zero attached hydrogens (tertiary/aromatic N) is 3. The molecule has 102 valence electrons. The van der Waals surface area contributed by atoms with E-state index in [4.69, 9.17) is 0 Å². The van der Waals surface area contributed by atoms with Crippen molar-refractivity contribution in [1.82, 2.24) is 14.8 Å². The summed E-state index contributed by atoms with van der Waals surface area (Å²) in [5, 5.41) is 17.3. The van der Waals surface area contributed by atoms with Crippen LogP contribution < -0.4 is 0 Å². The molecule has 1 rings (SSSR count). The fourth-order valence-corrected chi connectivity index (χ4v) is 1.91. The molecule has 1 unspecified atom stereocenters. The molecule has 1 atom stereocenters. The van der Waals surface area contributed by atoms with Crippen molar-refractivity contribution >= 4 is 5.97 Å². The molecule has 0 saturated carbocycles. The summed E-state index contributed by atoms with van der Waals surface area (Å²) in [5.41, 5.74) is 0.0612. The van der Waals surface area contributed by atoms with Crippen molar-refractivity contribution in [2.45, 2.75) is 53.5 Å². The molecule has 0 amide bonds. The lowest BCUT2D eigenvalue weighted by molar-refractivity contribution is -0.141. The second-order valence-corrected chi connectivity index (χ2v) is 6.38. The highest BCUT2D eigenvalue weighted by molar-refractivity contribution is 5.71. The van der Waals surface area contributed by atoms with Gasteiger partial charge in [0.15, 0.2) is 0 Å². The van der Waals surface area contributed by atoms with Crippen LogP contribution in [-0.4, -0.2) is 25.8 Å². The topological polar surface area (TPSA) is 68.0 Å². The minimum Gasteiger partial charge on any atom is -0.480 e. The number of hydrogen-bond acceptors (Lipinski definition) is 3. The first-order chi connectivity index (χ1) is 8.20. The molecule has 1 aromatic heterocycles. The zero-order valence-electron chi connectivity index (χ0n) is 11.8. The van der Waals surface area contributed by atoms with Crippen molar-refractivity contribution in [3.05, 3.63) is 12.2 Å². The number of carboxylic acids is 1. The Labute approximate surface area is 108 Å². The summed E-state index contributed by atoms with van der Waals surface area (Å²) in [6.45, 7) is 10.3. The van der Waals surface area contributed by atoms with Crippen LogP contribution in [0, 0.1) is 11.3 Å². The molecule has 5 heteroatoms. The van der Waals surface area contributed by atoms with Gasteiger partial charge < -0.3 is 9.67 Å². The smallest absolute Gasteiger partial charge is 0.326 e. The van der Waals surface area contributed by atoms with E-state index in [1.54, 1.807) is 4.57 Å². The number of hydrogen-bond donors (Lipinski definition) is 1. The number of carboxylic acid groups (broad SMARTS) is 1. The van der Waals surface area contributed by atoms with Gasteiger partial charge in [-0.2, -0.15) is 0 Å². The van der Waals surface area contributed by atoms with Crippen LogP contribution in [0.3, 0.4) is 0 Å². The Hall–Kier alpha value is -1.39. The van der Waals surface area contributed by atoms with E-state index in [9.17, 15) is 9.90 Å². The predicted octanol–water partition coefficient (Wildman–Crippen LogP) is 2.54. The number of aliphatic carboxylic acids is 1. The van der Waals surface area contributed by atoms with E-state index in [1.807, 2.05) is 13.8 Å². The van der Waals surface area contributed by atoms with E-state index < -0.39 is 12.0 Å². The molecule has 0 saturated heterocycles. The average Bonchev–Trinajstić information content (AvgIpc) is 2.58. The van der Waals surface area contributed by atoms with Gasteiger partial charge in [0, 0.05) is 6.42 Å². The van der Waals surface area contributed by atoms with Crippen molar-refractivity contribution in [2.75, 3.05) is 0 Å². The second-order valence-electron chi connectivity index (χ2n) is 6.38.